The third-order valence-corrected chi connectivity index (χ3v) is 5.60. The lowest BCUT2D eigenvalue weighted by Gasteiger charge is -2.24. The fourth-order valence-corrected chi connectivity index (χ4v) is 4.04. The van der Waals surface area contributed by atoms with Crippen LogP contribution in [-0.4, -0.2) is 32.3 Å². The number of carbonyl (C=O) groups is 1. The molecule has 1 saturated heterocycles. The van der Waals surface area contributed by atoms with Gasteiger partial charge in [0.25, 0.3) is 5.91 Å². The van der Waals surface area contributed by atoms with E-state index < -0.39 is 0 Å². The largest absolute Gasteiger partial charge is 0.340 e. The molecule has 0 bridgehead atoms. The van der Waals surface area contributed by atoms with E-state index >= 15 is 0 Å². The summed E-state index contributed by atoms with van der Waals surface area (Å²) in [7, 11) is 0. The molecule has 0 radical (unpaired) electrons. The lowest BCUT2D eigenvalue weighted by molar-refractivity contribution is 0.0730. The maximum atomic E-state index is 13.2. The average molecular weight is 422 g/mol. The molecule has 1 aliphatic rings. The van der Waals surface area contributed by atoms with Crippen LogP contribution in [0.25, 0.3) is 11.3 Å². The van der Waals surface area contributed by atoms with Gasteiger partial charge in [-0.15, -0.1) is 0 Å². The summed E-state index contributed by atoms with van der Waals surface area (Å²) in [4.78, 5) is 28.9. The molecule has 1 atom stereocenters. The number of benzene rings is 2. The summed E-state index contributed by atoms with van der Waals surface area (Å²) < 4.78 is 0. The van der Waals surface area contributed by atoms with Gasteiger partial charge < -0.3 is 10.2 Å². The maximum Gasteiger partial charge on any atom is 0.254 e. The van der Waals surface area contributed by atoms with Crippen molar-refractivity contribution in [2.45, 2.75) is 18.9 Å². The van der Waals surface area contributed by atoms with Crippen LogP contribution in [0.2, 0.25) is 0 Å². The van der Waals surface area contributed by atoms with Crippen molar-refractivity contribution in [2.24, 2.45) is 0 Å². The van der Waals surface area contributed by atoms with Gasteiger partial charge in [0, 0.05) is 41.8 Å². The zero-order chi connectivity index (χ0) is 21.8. The van der Waals surface area contributed by atoms with Gasteiger partial charge in [0.15, 0.2) is 5.82 Å². The van der Waals surface area contributed by atoms with E-state index in [0.29, 0.717) is 23.8 Å². The molecule has 1 amide bonds. The van der Waals surface area contributed by atoms with Crippen LogP contribution in [-0.2, 0) is 0 Å². The second-order valence-electron chi connectivity index (χ2n) is 7.75. The average Bonchev–Trinajstić information content (AvgIpc) is 3.35. The molecule has 6 nitrogen and oxygen atoms in total. The normalized spacial score (nSPS) is 15.5. The molecular formula is C26H23N5O. The van der Waals surface area contributed by atoms with Gasteiger partial charge in [-0.25, -0.2) is 9.97 Å². The highest BCUT2D eigenvalue weighted by molar-refractivity contribution is 5.94. The Kier molecular flexibility index (Phi) is 5.58. The molecule has 0 aliphatic carbocycles. The van der Waals surface area contributed by atoms with Gasteiger partial charge in [-0.05, 0) is 49.2 Å². The summed E-state index contributed by atoms with van der Waals surface area (Å²) in [6.07, 6.45) is 5.26. The minimum Gasteiger partial charge on any atom is -0.340 e. The predicted molar refractivity (Wildman–Crippen MR) is 124 cm³/mol. The van der Waals surface area contributed by atoms with Gasteiger partial charge >= 0.3 is 0 Å². The zero-order valence-corrected chi connectivity index (χ0v) is 17.6. The van der Waals surface area contributed by atoms with E-state index in [4.69, 9.17) is 9.97 Å². The number of anilines is 2. The number of hydrogen-bond acceptors (Lipinski definition) is 5. The lowest BCUT2D eigenvalue weighted by Crippen LogP contribution is -2.31. The van der Waals surface area contributed by atoms with Crippen LogP contribution in [0.3, 0.4) is 0 Å². The first-order chi connectivity index (χ1) is 15.8. The number of amides is 1. The minimum absolute atomic E-state index is 0.0172. The lowest BCUT2D eigenvalue weighted by atomic mass is 10.1. The Morgan fingerprint density at radius 1 is 0.906 bits per heavy atom. The molecular weight excluding hydrogens is 398 g/mol. The maximum absolute atomic E-state index is 13.2. The van der Waals surface area contributed by atoms with Gasteiger partial charge in [-0.1, -0.05) is 36.4 Å². The van der Waals surface area contributed by atoms with Gasteiger partial charge in [-0.3, -0.25) is 9.78 Å². The summed E-state index contributed by atoms with van der Waals surface area (Å²) in [5.41, 5.74) is 3.39. The van der Waals surface area contributed by atoms with Crippen LogP contribution >= 0.6 is 0 Å². The van der Waals surface area contributed by atoms with Gasteiger partial charge in [0.1, 0.15) is 5.82 Å². The summed E-state index contributed by atoms with van der Waals surface area (Å²) in [5, 5.41) is 3.38. The first kappa shape index (κ1) is 19.9. The summed E-state index contributed by atoms with van der Waals surface area (Å²) in [5.74, 6) is 1.37. The molecule has 0 spiro atoms. The van der Waals surface area contributed by atoms with Crippen molar-refractivity contribution in [1.82, 2.24) is 19.9 Å². The second-order valence-corrected chi connectivity index (χ2v) is 7.75. The molecule has 1 N–H and O–H groups in total. The summed E-state index contributed by atoms with van der Waals surface area (Å²) >= 11 is 0. The van der Waals surface area contributed by atoms with Crippen LogP contribution in [0.5, 0.6) is 0 Å². The zero-order valence-electron chi connectivity index (χ0n) is 17.6. The monoisotopic (exact) mass is 421 g/mol. The number of likely N-dealkylation sites (tertiary alicyclic amines) is 1. The third-order valence-electron chi connectivity index (χ3n) is 5.60. The predicted octanol–water partition coefficient (Wildman–Crippen LogP) is 5.26. The molecule has 1 fully saturated rings. The van der Waals surface area contributed by atoms with Crippen LogP contribution in [0.1, 0.15) is 35.1 Å². The Bertz CT molecular complexity index is 1200. The Morgan fingerprint density at radius 2 is 1.62 bits per heavy atom. The van der Waals surface area contributed by atoms with Gasteiger partial charge in [0.2, 0.25) is 0 Å². The van der Waals surface area contributed by atoms with Crippen molar-refractivity contribution in [1.29, 1.82) is 0 Å². The van der Waals surface area contributed by atoms with Crippen molar-refractivity contribution in [3.05, 3.63) is 103 Å². The van der Waals surface area contributed by atoms with E-state index in [1.165, 1.54) is 0 Å². The highest BCUT2D eigenvalue weighted by atomic mass is 16.2. The number of para-hydroxylation sites is 1. The van der Waals surface area contributed by atoms with Crippen molar-refractivity contribution >= 4 is 17.4 Å². The van der Waals surface area contributed by atoms with E-state index in [1.807, 2.05) is 83.8 Å². The van der Waals surface area contributed by atoms with Crippen molar-refractivity contribution in [2.75, 3.05) is 11.9 Å². The Hall–Kier alpha value is -4.06. The Morgan fingerprint density at radius 3 is 2.38 bits per heavy atom. The summed E-state index contributed by atoms with van der Waals surface area (Å²) in [6.45, 7) is 0.697. The first-order valence-electron chi connectivity index (χ1n) is 10.8. The molecule has 158 valence electrons. The molecule has 32 heavy (non-hydrogen) atoms. The van der Waals surface area contributed by atoms with Crippen LogP contribution < -0.4 is 5.32 Å². The quantitative estimate of drug-likeness (QED) is 0.476. The number of pyridine rings is 1. The molecule has 2 aromatic heterocycles. The molecule has 6 heteroatoms. The highest BCUT2D eigenvalue weighted by Crippen LogP contribution is 2.33. The molecule has 4 aromatic rings. The smallest absolute Gasteiger partial charge is 0.254 e. The Labute approximate surface area is 187 Å². The molecule has 0 saturated carbocycles. The van der Waals surface area contributed by atoms with E-state index in [9.17, 15) is 4.79 Å². The van der Waals surface area contributed by atoms with E-state index in [-0.39, 0.29) is 11.9 Å². The standard InChI is InChI=1S/C26H23N5O/c32-26(20-8-3-1-4-9-20)31-17-7-12-23(31)25-29-22(19-13-15-27-16-14-19)18-24(30-25)28-21-10-5-2-6-11-21/h1-6,8-11,13-16,18,23H,7,12,17H2,(H,28,29,30)/t23-/m1/s1. The topological polar surface area (TPSA) is 71.0 Å². The van der Waals surface area contributed by atoms with E-state index in [2.05, 4.69) is 10.3 Å². The Balaban J connectivity index is 1.53. The fraction of sp³-hybridized carbons (Fsp3) is 0.154. The van der Waals surface area contributed by atoms with Crippen molar-refractivity contribution in [3.8, 4) is 11.3 Å². The highest BCUT2D eigenvalue weighted by Gasteiger charge is 2.33. The third kappa shape index (κ3) is 4.21. The molecule has 1 aliphatic heterocycles. The summed E-state index contributed by atoms with van der Waals surface area (Å²) in [6, 6.07) is 25.0. The van der Waals surface area contributed by atoms with E-state index in [1.54, 1.807) is 12.4 Å². The van der Waals surface area contributed by atoms with Gasteiger partial charge in [-0.2, -0.15) is 0 Å². The van der Waals surface area contributed by atoms with Crippen LogP contribution in [0.4, 0.5) is 11.5 Å². The van der Waals surface area contributed by atoms with Crippen molar-refractivity contribution < 1.29 is 4.79 Å². The number of nitrogens with one attached hydrogen (secondary N) is 1. The number of aromatic nitrogens is 3. The van der Waals surface area contributed by atoms with Crippen LogP contribution in [0, 0.1) is 0 Å². The van der Waals surface area contributed by atoms with Crippen LogP contribution in [0.15, 0.2) is 91.3 Å². The number of carbonyl (C=O) groups excluding carboxylic acids is 1. The number of hydrogen-bond donors (Lipinski definition) is 1. The van der Waals surface area contributed by atoms with Crippen molar-refractivity contribution in [3.63, 3.8) is 0 Å². The molecule has 5 rings (SSSR count). The fourth-order valence-electron chi connectivity index (χ4n) is 4.04. The second kappa shape index (κ2) is 8.98. The molecule has 2 aromatic carbocycles. The van der Waals surface area contributed by atoms with E-state index in [0.717, 1.165) is 29.8 Å². The SMILES string of the molecule is O=C(c1ccccc1)N1CCC[C@@H]1c1nc(Nc2ccccc2)cc(-c2ccncc2)n1. The molecule has 0 unspecified atom stereocenters. The number of nitrogens with zero attached hydrogens (tertiary/aromatic N) is 4. The van der Waals surface area contributed by atoms with Gasteiger partial charge in [0.05, 0.1) is 11.7 Å². The number of rotatable bonds is 5. The first-order valence-corrected chi connectivity index (χ1v) is 10.8. The molecule has 3 heterocycles. The minimum atomic E-state index is -0.166.